The molecule has 0 bridgehead atoms. The Morgan fingerprint density at radius 2 is 2.06 bits per heavy atom. The second-order valence-corrected chi connectivity index (χ2v) is 4.65. The fraction of sp³-hybridized carbons (Fsp3) is 0.727. The number of nitrogens with two attached hydrogens (primary N) is 1. The number of amides is 2. The van der Waals surface area contributed by atoms with E-state index in [0.29, 0.717) is 19.5 Å². The van der Waals surface area contributed by atoms with Crippen LogP contribution in [0, 0.1) is 5.92 Å². The molecular formula is C11H19N3O4. The van der Waals surface area contributed by atoms with Gasteiger partial charge in [0.15, 0.2) is 0 Å². The Morgan fingerprint density at radius 1 is 1.39 bits per heavy atom. The zero-order valence-corrected chi connectivity index (χ0v) is 10.5. The Balaban J connectivity index is 2.46. The van der Waals surface area contributed by atoms with Crippen molar-refractivity contribution in [3.8, 4) is 0 Å². The number of hydrogen-bond acceptors (Lipinski definition) is 4. The summed E-state index contributed by atoms with van der Waals surface area (Å²) in [6, 6.07) is 0. The first-order valence-corrected chi connectivity index (χ1v) is 5.87. The van der Waals surface area contributed by atoms with E-state index in [2.05, 4.69) is 0 Å². The SMILES string of the molecule is CN(CC(=O)O)CC(=O)N1CCCC(C(N)=O)C1. The van der Waals surface area contributed by atoms with Crippen molar-refractivity contribution < 1.29 is 19.5 Å². The van der Waals surface area contributed by atoms with Crippen molar-refractivity contribution in [3.05, 3.63) is 0 Å². The number of nitrogens with zero attached hydrogens (tertiary/aromatic N) is 2. The molecule has 102 valence electrons. The van der Waals surface area contributed by atoms with E-state index in [-0.39, 0.29) is 30.8 Å². The lowest BCUT2D eigenvalue weighted by atomic mass is 9.97. The van der Waals surface area contributed by atoms with Gasteiger partial charge in [0.05, 0.1) is 19.0 Å². The van der Waals surface area contributed by atoms with Crippen molar-refractivity contribution in [2.24, 2.45) is 11.7 Å². The molecule has 0 aromatic carbocycles. The molecule has 0 aromatic rings. The lowest BCUT2D eigenvalue weighted by Gasteiger charge is -2.32. The van der Waals surface area contributed by atoms with Crippen LogP contribution in [0.3, 0.4) is 0 Å². The van der Waals surface area contributed by atoms with Crippen molar-refractivity contribution in [2.45, 2.75) is 12.8 Å². The number of carboxylic acids is 1. The average molecular weight is 257 g/mol. The summed E-state index contributed by atoms with van der Waals surface area (Å²) in [5, 5.41) is 8.59. The third-order valence-corrected chi connectivity index (χ3v) is 2.99. The number of carboxylic acid groups (broad SMARTS) is 1. The topological polar surface area (TPSA) is 104 Å². The molecule has 0 radical (unpaired) electrons. The van der Waals surface area contributed by atoms with E-state index in [1.54, 1.807) is 11.9 Å². The van der Waals surface area contributed by atoms with E-state index in [1.807, 2.05) is 0 Å². The predicted octanol–water partition coefficient (Wildman–Crippen LogP) is -1.27. The number of likely N-dealkylation sites (N-methyl/N-ethyl adjacent to an activating group) is 1. The summed E-state index contributed by atoms with van der Waals surface area (Å²) < 4.78 is 0. The van der Waals surface area contributed by atoms with Gasteiger partial charge in [0.25, 0.3) is 0 Å². The first kappa shape index (κ1) is 14.4. The van der Waals surface area contributed by atoms with Gasteiger partial charge in [-0.05, 0) is 19.9 Å². The first-order chi connectivity index (χ1) is 8.40. The van der Waals surface area contributed by atoms with Crippen LogP contribution < -0.4 is 5.73 Å². The second-order valence-electron chi connectivity index (χ2n) is 4.65. The molecule has 1 rings (SSSR count). The number of carbonyl (C=O) groups is 3. The van der Waals surface area contributed by atoms with E-state index in [4.69, 9.17) is 10.8 Å². The normalized spacial score (nSPS) is 19.9. The van der Waals surface area contributed by atoms with E-state index in [1.165, 1.54) is 4.90 Å². The maximum atomic E-state index is 11.9. The quantitative estimate of drug-likeness (QED) is 0.639. The van der Waals surface area contributed by atoms with Crippen molar-refractivity contribution in [2.75, 3.05) is 33.2 Å². The van der Waals surface area contributed by atoms with Gasteiger partial charge in [0.1, 0.15) is 0 Å². The fourth-order valence-corrected chi connectivity index (χ4v) is 2.05. The first-order valence-electron chi connectivity index (χ1n) is 5.87. The van der Waals surface area contributed by atoms with Crippen LogP contribution in [0.1, 0.15) is 12.8 Å². The molecule has 1 heterocycles. The van der Waals surface area contributed by atoms with Gasteiger partial charge >= 0.3 is 5.97 Å². The maximum absolute atomic E-state index is 11.9. The van der Waals surface area contributed by atoms with Crippen LogP contribution in [0.2, 0.25) is 0 Å². The third-order valence-electron chi connectivity index (χ3n) is 2.99. The van der Waals surface area contributed by atoms with Gasteiger partial charge in [0.2, 0.25) is 11.8 Å². The summed E-state index contributed by atoms with van der Waals surface area (Å²) in [6.07, 6.45) is 1.46. The largest absolute Gasteiger partial charge is 0.480 e. The number of piperidine rings is 1. The summed E-state index contributed by atoms with van der Waals surface area (Å²) in [7, 11) is 1.57. The third kappa shape index (κ3) is 4.33. The smallest absolute Gasteiger partial charge is 0.317 e. The molecule has 0 aromatic heterocycles. The standard InChI is InChI=1S/C11H19N3O4/c1-13(7-10(16)17)6-9(15)14-4-2-3-8(5-14)11(12)18/h8H,2-7H2,1H3,(H2,12,18)(H,16,17). The molecule has 7 nitrogen and oxygen atoms in total. The van der Waals surface area contributed by atoms with Gasteiger partial charge in [-0.25, -0.2) is 0 Å². The molecule has 7 heteroatoms. The van der Waals surface area contributed by atoms with Crippen LogP contribution in [0.4, 0.5) is 0 Å². The molecule has 3 N–H and O–H groups in total. The predicted molar refractivity (Wildman–Crippen MR) is 63.6 cm³/mol. The molecule has 1 saturated heterocycles. The summed E-state index contributed by atoms with van der Waals surface area (Å²) in [6.45, 7) is 0.801. The number of hydrogen-bond donors (Lipinski definition) is 2. The summed E-state index contributed by atoms with van der Waals surface area (Å²) >= 11 is 0. The monoisotopic (exact) mass is 257 g/mol. The van der Waals surface area contributed by atoms with Gasteiger partial charge in [-0.2, -0.15) is 0 Å². The van der Waals surface area contributed by atoms with E-state index < -0.39 is 5.97 Å². The van der Waals surface area contributed by atoms with Crippen LogP contribution in [0.15, 0.2) is 0 Å². The highest BCUT2D eigenvalue weighted by atomic mass is 16.4. The van der Waals surface area contributed by atoms with Crippen molar-refractivity contribution in [3.63, 3.8) is 0 Å². The lowest BCUT2D eigenvalue weighted by molar-refractivity contribution is -0.139. The number of rotatable bonds is 5. The Bertz CT molecular complexity index is 345. The van der Waals surface area contributed by atoms with E-state index >= 15 is 0 Å². The van der Waals surface area contributed by atoms with Gasteiger partial charge in [-0.15, -0.1) is 0 Å². The van der Waals surface area contributed by atoms with Crippen molar-refractivity contribution in [1.29, 1.82) is 0 Å². The molecule has 1 fully saturated rings. The van der Waals surface area contributed by atoms with Gasteiger partial charge < -0.3 is 15.7 Å². The van der Waals surface area contributed by atoms with Gasteiger partial charge in [-0.3, -0.25) is 19.3 Å². The van der Waals surface area contributed by atoms with Crippen LogP contribution in [0.5, 0.6) is 0 Å². The molecule has 2 amide bonds. The highest BCUT2D eigenvalue weighted by molar-refractivity contribution is 5.81. The summed E-state index contributed by atoms with van der Waals surface area (Å²) in [4.78, 5) is 36.5. The van der Waals surface area contributed by atoms with Crippen LogP contribution in [-0.4, -0.2) is 65.9 Å². The highest BCUT2D eigenvalue weighted by Crippen LogP contribution is 2.16. The average Bonchev–Trinajstić information content (AvgIpc) is 2.27. The number of likely N-dealkylation sites (tertiary alicyclic amines) is 1. The molecule has 1 unspecified atom stereocenters. The van der Waals surface area contributed by atoms with E-state index in [0.717, 1.165) is 6.42 Å². The van der Waals surface area contributed by atoms with Crippen molar-refractivity contribution >= 4 is 17.8 Å². The lowest BCUT2D eigenvalue weighted by Crippen LogP contribution is -2.47. The Labute approximate surface area is 106 Å². The Morgan fingerprint density at radius 3 is 2.61 bits per heavy atom. The van der Waals surface area contributed by atoms with Crippen LogP contribution >= 0.6 is 0 Å². The second kappa shape index (κ2) is 6.34. The molecule has 0 saturated carbocycles. The number of aliphatic carboxylic acids is 1. The molecule has 1 atom stereocenters. The summed E-state index contributed by atoms with van der Waals surface area (Å²) in [5.41, 5.74) is 5.23. The zero-order valence-electron chi connectivity index (χ0n) is 10.5. The molecular weight excluding hydrogens is 238 g/mol. The molecule has 1 aliphatic rings. The zero-order chi connectivity index (χ0) is 13.7. The number of carbonyl (C=O) groups excluding carboxylic acids is 2. The Kier molecular flexibility index (Phi) is 5.08. The van der Waals surface area contributed by atoms with Crippen molar-refractivity contribution in [1.82, 2.24) is 9.80 Å². The van der Waals surface area contributed by atoms with Crippen LogP contribution in [0.25, 0.3) is 0 Å². The maximum Gasteiger partial charge on any atom is 0.317 e. The number of primary amides is 1. The van der Waals surface area contributed by atoms with Gasteiger partial charge in [-0.1, -0.05) is 0 Å². The Hall–Kier alpha value is -1.63. The highest BCUT2D eigenvalue weighted by Gasteiger charge is 2.27. The minimum absolute atomic E-state index is 0.0395. The molecule has 0 aliphatic carbocycles. The minimum atomic E-state index is -0.973. The molecule has 0 spiro atoms. The van der Waals surface area contributed by atoms with Gasteiger partial charge in [0, 0.05) is 13.1 Å². The summed E-state index contributed by atoms with van der Waals surface area (Å²) in [5.74, 6) is -1.80. The van der Waals surface area contributed by atoms with Crippen LogP contribution in [-0.2, 0) is 14.4 Å². The minimum Gasteiger partial charge on any atom is -0.480 e. The van der Waals surface area contributed by atoms with E-state index in [9.17, 15) is 14.4 Å². The fourth-order valence-electron chi connectivity index (χ4n) is 2.05. The molecule has 18 heavy (non-hydrogen) atoms. The molecule has 1 aliphatic heterocycles.